The number of likely N-dealkylation sites (tertiary alicyclic amines) is 1. The third-order valence-corrected chi connectivity index (χ3v) is 4.86. The lowest BCUT2D eigenvalue weighted by Crippen LogP contribution is -2.53. The van der Waals surface area contributed by atoms with Gasteiger partial charge in [0.1, 0.15) is 12.1 Å². The van der Waals surface area contributed by atoms with Crippen molar-refractivity contribution < 1.29 is 29.3 Å². The predicted octanol–water partition coefficient (Wildman–Crippen LogP) is 1.49. The van der Waals surface area contributed by atoms with Gasteiger partial charge in [-0.05, 0) is 18.9 Å². The Bertz CT molecular complexity index is 681. The molecule has 1 fully saturated rings. The number of carbonyl (C=O) groups is 3. The third kappa shape index (κ3) is 5.77. The van der Waals surface area contributed by atoms with E-state index in [-0.39, 0.29) is 19.1 Å². The van der Waals surface area contributed by atoms with Crippen molar-refractivity contribution in [3.63, 3.8) is 0 Å². The van der Waals surface area contributed by atoms with Crippen LogP contribution in [0.2, 0.25) is 0 Å². The minimum atomic E-state index is -1.09. The zero-order valence-electron chi connectivity index (χ0n) is 16.2. The first-order chi connectivity index (χ1) is 13.3. The van der Waals surface area contributed by atoms with Crippen LogP contribution in [0.4, 0.5) is 0 Å². The first kappa shape index (κ1) is 21.8. The van der Waals surface area contributed by atoms with Crippen LogP contribution < -0.4 is 5.32 Å². The zero-order chi connectivity index (χ0) is 20.7. The van der Waals surface area contributed by atoms with E-state index in [0.717, 1.165) is 5.56 Å². The topological polar surface area (TPSA) is 116 Å². The number of hydrogen-bond acceptors (Lipinski definition) is 5. The fraction of sp³-hybridized carbons (Fsp3) is 0.550. The van der Waals surface area contributed by atoms with Gasteiger partial charge in [-0.3, -0.25) is 14.9 Å². The summed E-state index contributed by atoms with van der Waals surface area (Å²) in [6.07, 6.45) is 0.862. The summed E-state index contributed by atoms with van der Waals surface area (Å²) in [5.74, 6) is -2.54. The summed E-state index contributed by atoms with van der Waals surface area (Å²) < 4.78 is 5.82. The van der Waals surface area contributed by atoms with Crippen LogP contribution in [0.5, 0.6) is 0 Å². The Balaban J connectivity index is 1.99. The summed E-state index contributed by atoms with van der Waals surface area (Å²) in [5, 5.41) is 21.6. The number of amides is 1. The van der Waals surface area contributed by atoms with Gasteiger partial charge in [0.05, 0.1) is 18.8 Å². The van der Waals surface area contributed by atoms with E-state index >= 15 is 0 Å². The van der Waals surface area contributed by atoms with E-state index in [1.165, 1.54) is 4.90 Å². The van der Waals surface area contributed by atoms with E-state index in [9.17, 15) is 24.6 Å². The number of hydrogen-bond donors (Lipinski definition) is 3. The van der Waals surface area contributed by atoms with Gasteiger partial charge in [-0.25, -0.2) is 4.79 Å². The molecule has 3 N–H and O–H groups in total. The van der Waals surface area contributed by atoms with Crippen LogP contribution in [0, 0.1) is 0 Å². The van der Waals surface area contributed by atoms with E-state index in [0.29, 0.717) is 19.4 Å². The molecule has 1 aliphatic rings. The molecule has 1 heterocycles. The maximum Gasteiger partial charge on any atom is 0.326 e. The number of benzene rings is 1. The molecule has 0 bridgehead atoms. The highest BCUT2D eigenvalue weighted by Gasteiger charge is 2.41. The fourth-order valence-electron chi connectivity index (χ4n) is 3.37. The molecule has 2 unspecified atom stereocenters. The van der Waals surface area contributed by atoms with Crippen LogP contribution in [-0.2, 0) is 25.7 Å². The van der Waals surface area contributed by atoms with Gasteiger partial charge in [0, 0.05) is 13.0 Å². The summed E-state index contributed by atoms with van der Waals surface area (Å²) in [6, 6.07) is 6.89. The SMILES string of the molecule is CCCC(NC(C)C(=O)N1C[C@@H](OCc2ccccc2)C[C@H]1C(=O)O)C(=O)O. The van der Waals surface area contributed by atoms with Crippen molar-refractivity contribution in [2.24, 2.45) is 0 Å². The summed E-state index contributed by atoms with van der Waals surface area (Å²) in [4.78, 5) is 37.0. The highest BCUT2D eigenvalue weighted by atomic mass is 16.5. The maximum atomic E-state index is 12.8. The molecule has 8 nitrogen and oxygen atoms in total. The Hall–Kier alpha value is -2.45. The molecule has 0 aromatic heterocycles. The van der Waals surface area contributed by atoms with Crippen LogP contribution in [-0.4, -0.2) is 63.7 Å². The Morgan fingerprint density at radius 2 is 1.93 bits per heavy atom. The molecular formula is C20H28N2O6. The molecule has 1 aromatic carbocycles. The van der Waals surface area contributed by atoms with E-state index in [2.05, 4.69) is 5.32 Å². The first-order valence-corrected chi connectivity index (χ1v) is 9.51. The van der Waals surface area contributed by atoms with E-state index in [1.54, 1.807) is 6.92 Å². The number of ether oxygens (including phenoxy) is 1. The molecule has 154 valence electrons. The average Bonchev–Trinajstić information content (AvgIpc) is 3.10. The first-order valence-electron chi connectivity index (χ1n) is 9.51. The second kappa shape index (κ2) is 10.2. The Labute approximate surface area is 164 Å². The molecule has 0 spiro atoms. The standard InChI is InChI=1S/C20H28N2O6/c1-3-7-16(19(24)25)21-13(2)18(23)22-11-15(10-17(22)20(26)27)28-12-14-8-5-4-6-9-14/h4-6,8-9,13,15-17,21H,3,7,10-12H2,1-2H3,(H,24,25)(H,26,27)/t13?,15-,16?,17-/m0/s1. The minimum Gasteiger partial charge on any atom is -0.480 e. The Kier molecular flexibility index (Phi) is 7.95. The smallest absolute Gasteiger partial charge is 0.326 e. The number of carboxylic acids is 2. The lowest BCUT2D eigenvalue weighted by molar-refractivity contribution is -0.149. The lowest BCUT2D eigenvalue weighted by atomic mass is 10.1. The molecule has 0 saturated carbocycles. The highest BCUT2D eigenvalue weighted by Crippen LogP contribution is 2.23. The second-order valence-corrected chi connectivity index (χ2v) is 7.07. The number of nitrogens with zero attached hydrogens (tertiary/aromatic N) is 1. The molecule has 1 aliphatic heterocycles. The van der Waals surface area contributed by atoms with Crippen LogP contribution >= 0.6 is 0 Å². The van der Waals surface area contributed by atoms with Gasteiger partial charge >= 0.3 is 11.9 Å². The van der Waals surface area contributed by atoms with Crippen LogP contribution in [0.3, 0.4) is 0 Å². The summed E-state index contributed by atoms with van der Waals surface area (Å²) in [6.45, 7) is 3.93. The summed E-state index contributed by atoms with van der Waals surface area (Å²) in [5.41, 5.74) is 0.970. The van der Waals surface area contributed by atoms with Crippen LogP contribution in [0.1, 0.15) is 38.7 Å². The van der Waals surface area contributed by atoms with Gasteiger partial charge < -0.3 is 19.8 Å². The Morgan fingerprint density at radius 3 is 2.50 bits per heavy atom. The van der Waals surface area contributed by atoms with E-state index in [4.69, 9.17) is 4.74 Å². The molecule has 1 aromatic rings. The lowest BCUT2D eigenvalue weighted by Gasteiger charge is -2.27. The molecule has 2 rings (SSSR count). The summed E-state index contributed by atoms with van der Waals surface area (Å²) in [7, 11) is 0. The molecule has 1 amide bonds. The third-order valence-electron chi connectivity index (χ3n) is 4.86. The van der Waals surface area contributed by atoms with Crippen molar-refractivity contribution in [3.8, 4) is 0 Å². The normalized spacial score (nSPS) is 21.3. The van der Waals surface area contributed by atoms with Crippen molar-refractivity contribution in [1.29, 1.82) is 0 Å². The van der Waals surface area contributed by atoms with Crippen molar-refractivity contribution in [3.05, 3.63) is 35.9 Å². The molecule has 0 radical (unpaired) electrons. The fourth-order valence-corrected chi connectivity index (χ4v) is 3.37. The minimum absolute atomic E-state index is 0.167. The number of carbonyl (C=O) groups excluding carboxylic acids is 1. The summed E-state index contributed by atoms with van der Waals surface area (Å²) >= 11 is 0. The van der Waals surface area contributed by atoms with Crippen molar-refractivity contribution in [2.45, 2.75) is 63.9 Å². The molecule has 1 saturated heterocycles. The van der Waals surface area contributed by atoms with Gasteiger partial charge in [0.25, 0.3) is 0 Å². The van der Waals surface area contributed by atoms with Crippen molar-refractivity contribution in [1.82, 2.24) is 10.2 Å². The predicted molar refractivity (Wildman–Crippen MR) is 102 cm³/mol. The van der Waals surface area contributed by atoms with Gasteiger partial charge in [-0.1, -0.05) is 43.7 Å². The van der Waals surface area contributed by atoms with Gasteiger partial charge in [-0.2, -0.15) is 0 Å². The van der Waals surface area contributed by atoms with Crippen molar-refractivity contribution >= 4 is 17.8 Å². The number of aliphatic carboxylic acids is 2. The second-order valence-electron chi connectivity index (χ2n) is 7.07. The largest absolute Gasteiger partial charge is 0.480 e. The molecule has 8 heteroatoms. The molecular weight excluding hydrogens is 364 g/mol. The number of rotatable bonds is 10. The molecule has 0 aliphatic carbocycles. The Morgan fingerprint density at radius 1 is 1.25 bits per heavy atom. The van der Waals surface area contributed by atoms with Crippen LogP contribution in [0.25, 0.3) is 0 Å². The maximum absolute atomic E-state index is 12.8. The van der Waals surface area contributed by atoms with Gasteiger partial charge in [-0.15, -0.1) is 0 Å². The molecule has 4 atom stereocenters. The highest BCUT2D eigenvalue weighted by molar-refractivity contribution is 5.88. The number of carboxylic acid groups (broad SMARTS) is 2. The van der Waals surface area contributed by atoms with Gasteiger partial charge in [0.2, 0.25) is 5.91 Å². The molecule has 28 heavy (non-hydrogen) atoms. The van der Waals surface area contributed by atoms with Crippen LogP contribution in [0.15, 0.2) is 30.3 Å². The van der Waals surface area contributed by atoms with Gasteiger partial charge in [0.15, 0.2) is 0 Å². The van der Waals surface area contributed by atoms with E-state index in [1.807, 2.05) is 37.3 Å². The zero-order valence-corrected chi connectivity index (χ0v) is 16.2. The monoisotopic (exact) mass is 392 g/mol. The van der Waals surface area contributed by atoms with Crippen molar-refractivity contribution in [2.75, 3.05) is 6.54 Å². The average molecular weight is 392 g/mol. The number of nitrogens with one attached hydrogen (secondary N) is 1. The quantitative estimate of drug-likeness (QED) is 0.552. The van der Waals surface area contributed by atoms with E-state index < -0.39 is 36.0 Å².